The van der Waals surface area contributed by atoms with Crippen molar-refractivity contribution in [2.45, 2.75) is 26.2 Å². The largest absolute Gasteiger partial charge is 0.411 e. The summed E-state index contributed by atoms with van der Waals surface area (Å²) in [7, 11) is 1.55. The smallest absolute Gasteiger partial charge is 0.344 e. The second kappa shape index (κ2) is 6.77. The SMILES string of the molecule is CCC(C)c1ccc(C(=O)OC=NC)cc1.[Cf]. The molecule has 0 aliphatic carbocycles. The molecule has 0 aliphatic rings. The van der Waals surface area contributed by atoms with Gasteiger partial charge in [-0.3, -0.25) is 4.99 Å². The fourth-order valence-corrected chi connectivity index (χ4v) is 1.35. The summed E-state index contributed by atoms with van der Waals surface area (Å²) in [5.74, 6) is 0.142. The molecule has 0 amide bonds. The third-order valence-electron chi connectivity index (χ3n) is 2.59. The van der Waals surface area contributed by atoms with E-state index in [1.54, 1.807) is 19.2 Å². The molecule has 1 unspecified atom stereocenters. The normalized spacial score (nSPS) is 11.9. The topological polar surface area (TPSA) is 38.7 Å². The van der Waals surface area contributed by atoms with Gasteiger partial charge in [-0.05, 0) is 30.0 Å². The van der Waals surface area contributed by atoms with Crippen molar-refractivity contribution in [3.8, 4) is 0 Å². The molecule has 4 heteroatoms. The van der Waals surface area contributed by atoms with Crippen molar-refractivity contribution in [1.29, 1.82) is 0 Å². The first-order valence-electron chi connectivity index (χ1n) is 5.40. The number of benzene rings is 1. The Labute approximate surface area is 96.2 Å². The maximum absolute atomic E-state index is 11.4. The first-order valence-corrected chi connectivity index (χ1v) is 5.40. The summed E-state index contributed by atoms with van der Waals surface area (Å²) in [4.78, 5) is 15.0. The van der Waals surface area contributed by atoms with Gasteiger partial charge in [-0.25, -0.2) is 4.79 Å². The third-order valence-corrected chi connectivity index (χ3v) is 2.59. The molecule has 0 heterocycles. The van der Waals surface area contributed by atoms with Crippen molar-refractivity contribution in [3.05, 3.63) is 35.4 Å². The van der Waals surface area contributed by atoms with E-state index in [4.69, 9.17) is 4.74 Å². The van der Waals surface area contributed by atoms with Gasteiger partial charge in [-0.2, -0.15) is 0 Å². The standard InChI is InChI=1S/C13H17NO2.Cf/c1-4-10(2)11-5-7-12(8-6-11)13(15)16-9-14-3;/h5-10H,4H2,1-3H3;. The minimum atomic E-state index is -0.374. The molecular weight excluding hydrogens is 453 g/mol. The van der Waals surface area contributed by atoms with Gasteiger partial charge in [0.1, 0.15) is 0 Å². The van der Waals surface area contributed by atoms with Crippen molar-refractivity contribution in [3.63, 3.8) is 0 Å². The Bertz CT molecular complexity index is 374. The van der Waals surface area contributed by atoms with Crippen molar-refractivity contribution < 1.29 is 9.53 Å². The van der Waals surface area contributed by atoms with Gasteiger partial charge in [-0.1, -0.05) is 26.0 Å². The number of esters is 1. The Morgan fingerprint density at radius 1 is 1.41 bits per heavy atom. The maximum atomic E-state index is 11.4. The van der Waals surface area contributed by atoms with Crippen molar-refractivity contribution in [2.75, 3.05) is 7.05 Å². The minimum absolute atomic E-state index is 0. The number of carbonyl (C=O) groups excluding carboxylic acids is 1. The van der Waals surface area contributed by atoms with Crippen LogP contribution in [0.25, 0.3) is 0 Å². The summed E-state index contributed by atoms with van der Waals surface area (Å²) in [6, 6.07) is 7.50. The van der Waals surface area contributed by atoms with Gasteiger partial charge < -0.3 is 4.74 Å². The third kappa shape index (κ3) is 3.78. The molecule has 0 bridgehead atoms. The van der Waals surface area contributed by atoms with Crippen LogP contribution in [-0.4, -0.2) is 19.4 Å². The average Bonchev–Trinajstić information content (AvgIpc) is 2.35. The Kier molecular flexibility index (Phi) is 5.72. The van der Waals surface area contributed by atoms with Crippen LogP contribution >= 0.6 is 0 Å². The molecule has 3 nitrogen and oxygen atoms in total. The van der Waals surface area contributed by atoms with Crippen LogP contribution in [-0.2, 0) is 4.74 Å². The molecule has 0 saturated heterocycles. The molecule has 0 fully saturated rings. The molecule has 0 saturated carbocycles. The van der Waals surface area contributed by atoms with Gasteiger partial charge in [0, 0.05) is 7.05 Å². The Morgan fingerprint density at radius 3 is 2.47 bits per heavy atom. The predicted molar refractivity (Wildman–Crippen MR) is 65.0 cm³/mol. The van der Waals surface area contributed by atoms with Crippen molar-refractivity contribution in [2.24, 2.45) is 4.99 Å². The fraction of sp³-hybridized carbons (Fsp3) is 0.385. The van der Waals surface area contributed by atoms with Gasteiger partial charge in [-0.15, -0.1) is 0 Å². The second-order valence-electron chi connectivity index (χ2n) is 3.70. The summed E-state index contributed by atoms with van der Waals surface area (Å²) in [5, 5.41) is 0. The van der Waals surface area contributed by atoms with E-state index in [9.17, 15) is 4.79 Å². The number of aliphatic imine (C=N–C) groups is 1. The van der Waals surface area contributed by atoms with E-state index in [2.05, 4.69) is 18.8 Å². The zero-order valence-corrected chi connectivity index (χ0v) is 12.9. The number of rotatable bonds is 4. The van der Waals surface area contributed by atoms with Crippen LogP contribution in [0.3, 0.4) is 0 Å². The van der Waals surface area contributed by atoms with Gasteiger partial charge >= 0.3 is 5.97 Å². The molecule has 0 aliphatic heterocycles. The Balaban J connectivity index is 0.00000256. The number of carbonyl (C=O) groups is 1. The number of nitrogens with zero attached hydrogens (tertiary/aromatic N) is 1. The molecule has 1 rings (SSSR count). The van der Waals surface area contributed by atoms with Crippen molar-refractivity contribution in [1.82, 2.24) is 0 Å². The average molecular weight is 470 g/mol. The fourth-order valence-electron chi connectivity index (χ4n) is 1.35. The molecule has 1 atom stereocenters. The summed E-state index contributed by atoms with van der Waals surface area (Å²) in [6.07, 6.45) is 2.23. The maximum Gasteiger partial charge on any atom is 0.344 e. The van der Waals surface area contributed by atoms with Crippen LogP contribution in [0.4, 0.5) is 0 Å². The van der Waals surface area contributed by atoms with Gasteiger partial charge in [0.15, 0.2) is 6.40 Å². The molecule has 96 valence electrons. The van der Waals surface area contributed by atoms with Crippen LogP contribution in [0.5, 0.6) is 0 Å². The van der Waals surface area contributed by atoms with Gasteiger partial charge in [0.25, 0.3) is 0 Å². The first-order chi connectivity index (χ1) is 7.69. The summed E-state index contributed by atoms with van der Waals surface area (Å²) in [5.41, 5.74) is 1.79. The van der Waals surface area contributed by atoms with E-state index in [1.165, 1.54) is 5.56 Å². The number of ether oxygens (including phenoxy) is 1. The summed E-state index contributed by atoms with van der Waals surface area (Å²) >= 11 is 0. The van der Waals surface area contributed by atoms with Gasteiger partial charge in [0.2, 0.25) is 0 Å². The first kappa shape index (κ1) is 14.4. The zero-order chi connectivity index (χ0) is 12.0. The number of hydrogen-bond donors (Lipinski definition) is 0. The molecule has 0 spiro atoms. The van der Waals surface area contributed by atoms with Crippen LogP contribution < -0.4 is 0 Å². The van der Waals surface area contributed by atoms with E-state index in [1.807, 2.05) is 12.1 Å². The summed E-state index contributed by atoms with van der Waals surface area (Å²) < 4.78 is 4.77. The quantitative estimate of drug-likeness (QED) is 0.386. The van der Waals surface area contributed by atoms with E-state index in [0.29, 0.717) is 11.5 Å². The van der Waals surface area contributed by atoms with Crippen LogP contribution in [0.1, 0.15) is 42.1 Å². The molecule has 17 heavy (non-hydrogen) atoms. The van der Waals surface area contributed by atoms with Crippen LogP contribution in [0.2, 0.25) is 0 Å². The molecular formula is C13H17CfNO2. The number of hydrogen-bond acceptors (Lipinski definition) is 3. The minimum Gasteiger partial charge on any atom is -0.411 e. The molecule has 1 aromatic carbocycles. The monoisotopic (exact) mass is 468 g/mol. The van der Waals surface area contributed by atoms with E-state index in [0.717, 1.165) is 12.8 Å². The Hall–Kier alpha value is -2.64. The van der Waals surface area contributed by atoms with E-state index in [-0.39, 0.29) is 5.97 Å². The molecule has 0 N–H and O–H groups in total. The van der Waals surface area contributed by atoms with E-state index < -0.39 is 0 Å². The Morgan fingerprint density at radius 2 is 2.00 bits per heavy atom. The van der Waals surface area contributed by atoms with Crippen molar-refractivity contribution >= 4 is 12.4 Å². The molecule has 1 aromatic rings. The van der Waals surface area contributed by atoms with Crippen LogP contribution in [0.15, 0.2) is 29.3 Å². The second-order valence-corrected chi connectivity index (χ2v) is 3.70. The molecule has 0 radical (unpaired) electrons. The summed E-state index contributed by atoms with van der Waals surface area (Å²) in [6.45, 7) is 4.31. The zero-order valence-electron chi connectivity index (χ0n) is 10.3. The van der Waals surface area contributed by atoms with Gasteiger partial charge in [0.05, 0.1) is 5.56 Å². The van der Waals surface area contributed by atoms with E-state index >= 15 is 0 Å². The molecule has 0 aromatic heterocycles. The predicted octanol–water partition coefficient (Wildman–Crippen LogP) is 3.02. The van der Waals surface area contributed by atoms with Crippen LogP contribution in [0, 0.1) is 0 Å².